The Bertz CT molecular complexity index is 969. The molecule has 36 heavy (non-hydrogen) atoms. The van der Waals surface area contributed by atoms with E-state index in [1.807, 2.05) is 0 Å². The van der Waals surface area contributed by atoms with Crippen molar-refractivity contribution in [3.8, 4) is 5.88 Å². The van der Waals surface area contributed by atoms with Crippen LogP contribution in [0.15, 0.2) is 36.4 Å². The van der Waals surface area contributed by atoms with E-state index < -0.39 is 6.10 Å². The second-order valence-corrected chi connectivity index (χ2v) is 10.8. The molecule has 6 nitrogen and oxygen atoms in total. The lowest BCUT2D eigenvalue weighted by Gasteiger charge is -2.27. The smallest absolute Gasteiger partial charge is 0.251 e. The fourth-order valence-corrected chi connectivity index (χ4v) is 4.86. The van der Waals surface area contributed by atoms with Gasteiger partial charge >= 0.3 is 0 Å². The van der Waals surface area contributed by atoms with Gasteiger partial charge in [0.05, 0.1) is 18.8 Å². The number of ether oxygens (including phenoxy) is 1. The second kappa shape index (κ2) is 14.6. The highest BCUT2D eigenvalue weighted by molar-refractivity contribution is 6.29. The molecular weight excluding hydrogens is 474 g/mol. The predicted molar refractivity (Wildman–Crippen MR) is 146 cm³/mol. The van der Waals surface area contributed by atoms with E-state index in [2.05, 4.69) is 60.7 Å². The molecule has 0 saturated carbocycles. The molecule has 3 N–H and O–H groups in total. The Labute approximate surface area is 221 Å². The SMILES string of the molecule is CC(C)c1cccc(CNC[C@@H](O)[C@@H]2C[C@H](C)CCCCCCCOc3cc(cc(Cl)n3)C(=O)N2)c1. The molecule has 7 heteroatoms. The summed E-state index contributed by atoms with van der Waals surface area (Å²) in [5, 5.41) is 17.8. The normalized spacial score (nSPS) is 21.0. The van der Waals surface area contributed by atoms with E-state index in [9.17, 15) is 9.90 Å². The van der Waals surface area contributed by atoms with Crippen molar-refractivity contribution in [2.24, 2.45) is 5.92 Å². The minimum absolute atomic E-state index is 0.217. The van der Waals surface area contributed by atoms with E-state index in [0.717, 1.165) is 25.7 Å². The van der Waals surface area contributed by atoms with Gasteiger partial charge in [-0.2, -0.15) is 0 Å². The van der Waals surface area contributed by atoms with Crippen molar-refractivity contribution >= 4 is 17.5 Å². The maximum absolute atomic E-state index is 13.2. The van der Waals surface area contributed by atoms with Crippen LogP contribution in [0, 0.1) is 5.92 Å². The van der Waals surface area contributed by atoms with Gasteiger partial charge in [0.2, 0.25) is 5.88 Å². The number of hydrogen-bond donors (Lipinski definition) is 3. The fraction of sp³-hybridized carbons (Fsp3) is 0.586. The molecule has 2 heterocycles. The van der Waals surface area contributed by atoms with Crippen LogP contribution in [0.1, 0.15) is 93.1 Å². The number of carbonyl (C=O) groups excluding carboxylic acids is 1. The summed E-state index contributed by atoms with van der Waals surface area (Å²) in [6.45, 7) is 8.17. The Hall–Kier alpha value is -2.15. The second-order valence-electron chi connectivity index (χ2n) is 10.4. The van der Waals surface area contributed by atoms with E-state index in [4.69, 9.17) is 16.3 Å². The van der Waals surface area contributed by atoms with Crippen molar-refractivity contribution in [2.45, 2.75) is 90.3 Å². The van der Waals surface area contributed by atoms with Gasteiger partial charge < -0.3 is 20.5 Å². The number of amides is 1. The third kappa shape index (κ3) is 9.38. The molecule has 0 fully saturated rings. The summed E-state index contributed by atoms with van der Waals surface area (Å²) in [6, 6.07) is 11.3. The zero-order valence-corrected chi connectivity index (χ0v) is 22.7. The van der Waals surface area contributed by atoms with Crippen LogP contribution in [-0.4, -0.2) is 41.3 Å². The number of hydrogen-bond acceptors (Lipinski definition) is 5. The van der Waals surface area contributed by atoms with Crippen molar-refractivity contribution in [2.75, 3.05) is 13.2 Å². The number of aliphatic hydroxyl groups excluding tert-OH is 1. The maximum Gasteiger partial charge on any atom is 0.251 e. The van der Waals surface area contributed by atoms with Crippen LogP contribution in [0.3, 0.4) is 0 Å². The molecule has 1 amide bonds. The van der Waals surface area contributed by atoms with Gasteiger partial charge in [0, 0.05) is 24.7 Å². The van der Waals surface area contributed by atoms with Crippen molar-refractivity contribution in [1.82, 2.24) is 15.6 Å². The molecule has 2 aromatic rings. The quantitative estimate of drug-likeness (QED) is 0.419. The van der Waals surface area contributed by atoms with E-state index in [0.29, 0.717) is 49.4 Å². The molecule has 0 aliphatic carbocycles. The number of pyridine rings is 1. The molecule has 0 radical (unpaired) electrons. The van der Waals surface area contributed by atoms with Crippen LogP contribution in [0.2, 0.25) is 5.15 Å². The number of benzene rings is 1. The zero-order valence-electron chi connectivity index (χ0n) is 21.9. The summed E-state index contributed by atoms with van der Waals surface area (Å²) >= 11 is 6.18. The van der Waals surface area contributed by atoms with Crippen molar-refractivity contribution in [3.05, 3.63) is 58.2 Å². The number of rotatable bonds is 6. The highest BCUT2D eigenvalue weighted by atomic mass is 35.5. The Morgan fingerprint density at radius 1 is 1.17 bits per heavy atom. The van der Waals surface area contributed by atoms with Gasteiger partial charge in [-0.25, -0.2) is 4.98 Å². The Balaban J connectivity index is 1.68. The van der Waals surface area contributed by atoms with E-state index in [-0.39, 0.29) is 17.1 Å². The average molecular weight is 516 g/mol. The van der Waals surface area contributed by atoms with Gasteiger partial charge in [0.15, 0.2) is 0 Å². The van der Waals surface area contributed by atoms with Crippen LogP contribution in [0.25, 0.3) is 0 Å². The molecular formula is C29H42ClN3O3. The van der Waals surface area contributed by atoms with Crippen LogP contribution >= 0.6 is 11.6 Å². The highest BCUT2D eigenvalue weighted by Gasteiger charge is 2.24. The van der Waals surface area contributed by atoms with E-state index in [1.165, 1.54) is 24.0 Å². The highest BCUT2D eigenvalue weighted by Crippen LogP contribution is 2.21. The van der Waals surface area contributed by atoms with Crippen molar-refractivity contribution in [1.29, 1.82) is 0 Å². The zero-order chi connectivity index (χ0) is 25.9. The number of nitrogens with zero attached hydrogens (tertiary/aromatic N) is 1. The standard InChI is InChI=1S/C29H42ClN3O3/c1-20(2)23-12-9-11-22(15-23)18-31-19-26(34)25-14-21(3)10-7-5-4-6-8-13-36-28-17-24(29(35)32-25)16-27(30)33-28/h9,11-12,15-17,20-21,25-26,31,34H,4-8,10,13-14,18-19H2,1-3H3,(H,32,35)/t21-,25+,26-/m1/s1. The number of aromatic nitrogens is 1. The number of carbonyl (C=O) groups is 1. The number of fused-ring (bicyclic) bond motifs is 2. The first-order valence-electron chi connectivity index (χ1n) is 13.4. The molecule has 0 unspecified atom stereocenters. The molecule has 0 saturated heterocycles. The molecule has 1 aromatic carbocycles. The molecule has 1 aliphatic rings. The van der Waals surface area contributed by atoms with Gasteiger partial charge in [0.25, 0.3) is 5.91 Å². The molecule has 198 valence electrons. The lowest BCUT2D eigenvalue weighted by atomic mass is 9.92. The Kier molecular flexibility index (Phi) is 11.5. The largest absolute Gasteiger partial charge is 0.478 e. The average Bonchev–Trinajstić information content (AvgIpc) is 2.84. The molecule has 0 spiro atoms. The summed E-state index contributed by atoms with van der Waals surface area (Å²) in [7, 11) is 0. The maximum atomic E-state index is 13.2. The lowest BCUT2D eigenvalue weighted by molar-refractivity contribution is 0.0792. The topological polar surface area (TPSA) is 83.5 Å². The number of nitrogens with one attached hydrogen (secondary N) is 2. The molecule has 3 rings (SSSR count). The first kappa shape index (κ1) is 28.4. The summed E-state index contributed by atoms with van der Waals surface area (Å²) in [5.41, 5.74) is 2.87. The Morgan fingerprint density at radius 3 is 2.75 bits per heavy atom. The monoisotopic (exact) mass is 515 g/mol. The van der Waals surface area contributed by atoms with Crippen molar-refractivity contribution in [3.63, 3.8) is 0 Å². The van der Waals surface area contributed by atoms with Crippen LogP contribution < -0.4 is 15.4 Å². The van der Waals surface area contributed by atoms with Gasteiger partial charge in [-0.15, -0.1) is 0 Å². The van der Waals surface area contributed by atoms with Gasteiger partial charge in [0.1, 0.15) is 5.15 Å². The molecule has 1 aliphatic heterocycles. The number of halogens is 1. The summed E-state index contributed by atoms with van der Waals surface area (Å²) in [5.74, 6) is 0.936. The third-order valence-corrected chi connectivity index (χ3v) is 7.06. The first-order chi connectivity index (χ1) is 17.3. The van der Waals surface area contributed by atoms with Gasteiger partial charge in [-0.05, 0) is 41.9 Å². The summed E-state index contributed by atoms with van der Waals surface area (Å²) in [6.07, 6.45) is 6.63. The lowest BCUT2D eigenvalue weighted by Crippen LogP contribution is -2.48. The van der Waals surface area contributed by atoms with Crippen LogP contribution in [-0.2, 0) is 6.54 Å². The van der Waals surface area contributed by atoms with Crippen LogP contribution in [0.4, 0.5) is 0 Å². The molecule has 1 aromatic heterocycles. The summed E-state index contributed by atoms with van der Waals surface area (Å²) < 4.78 is 5.75. The molecule has 3 atom stereocenters. The van der Waals surface area contributed by atoms with Crippen molar-refractivity contribution < 1.29 is 14.6 Å². The minimum atomic E-state index is -0.725. The number of aliphatic hydroxyl groups is 1. The minimum Gasteiger partial charge on any atom is -0.478 e. The third-order valence-electron chi connectivity index (χ3n) is 6.86. The Morgan fingerprint density at radius 2 is 1.94 bits per heavy atom. The predicted octanol–water partition coefficient (Wildman–Crippen LogP) is 5.87. The first-order valence-corrected chi connectivity index (χ1v) is 13.8. The van der Waals surface area contributed by atoms with Gasteiger partial charge in [-0.3, -0.25) is 4.79 Å². The molecule has 2 bridgehead atoms. The van der Waals surface area contributed by atoms with Crippen LogP contribution in [0.5, 0.6) is 5.88 Å². The van der Waals surface area contributed by atoms with Gasteiger partial charge in [-0.1, -0.05) is 88.7 Å². The van der Waals surface area contributed by atoms with E-state index in [1.54, 1.807) is 12.1 Å². The summed E-state index contributed by atoms with van der Waals surface area (Å²) in [4.78, 5) is 17.4. The van der Waals surface area contributed by atoms with E-state index >= 15 is 0 Å². The fourth-order valence-electron chi connectivity index (χ4n) is 4.66.